The van der Waals surface area contributed by atoms with Gasteiger partial charge in [0.2, 0.25) is 5.91 Å². The second-order valence-corrected chi connectivity index (χ2v) is 6.17. The standard InChI is InChI=1S/C16H20N4OS/c1-2-5-14(19-8-3-4-9-19)15(21)17-7-6-13-12-20-10-11-22-16(20)18-13/h3-4,8-12,14H,2,5-7H2,1H3,(H,17,21)/t14-/m0/s1. The molecule has 3 aromatic heterocycles. The number of aromatic nitrogens is 3. The van der Waals surface area contributed by atoms with Gasteiger partial charge in [-0.2, -0.15) is 0 Å². The average molecular weight is 316 g/mol. The van der Waals surface area contributed by atoms with Crippen LogP contribution in [0.4, 0.5) is 0 Å². The molecule has 0 radical (unpaired) electrons. The zero-order valence-corrected chi connectivity index (χ0v) is 13.4. The number of nitrogens with zero attached hydrogens (tertiary/aromatic N) is 3. The molecule has 0 saturated heterocycles. The molecule has 3 rings (SSSR count). The van der Waals surface area contributed by atoms with E-state index in [0.717, 1.165) is 29.9 Å². The van der Waals surface area contributed by atoms with Crippen molar-refractivity contribution < 1.29 is 4.79 Å². The monoisotopic (exact) mass is 316 g/mol. The van der Waals surface area contributed by atoms with Crippen molar-refractivity contribution in [2.45, 2.75) is 32.2 Å². The zero-order valence-electron chi connectivity index (χ0n) is 12.6. The van der Waals surface area contributed by atoms with E-state index in [1.807, 2.05) is 51.3 Å². The SMILES string of the molecule is CCC[C@@H](C(=O)NCCc1cn2ccsc2n1)n1cccc1. The molecular weight excluding hydrogens is 296 g/mol. The summed E-state index contributed by atoms with van der Waals surface area (Å²) >= 11 is 1.62. The summed E-state index contributed by atoms with van der Waals surface area (Å²) in [5.74, 6) is 0.0825. The lowest BCUT2D eigenvalue weighted by molar-refractivity contribution is -0.124. The second-order valence-electron chi connectivity index (χ2n) is 5.30. The van der Waals surface area contributed by atoms with Crippen LogP contribution < -0.4 is 5.32 Å². The Kier molecular flexibility index (Phi) is 4.58. The normalized spacial score (nSPS) is 12.6. The fourth-order valence-electron chi connectivity index (χ4n) is 2.57. The van der Waals surface area contributed by atoms with Gasteiger partial charge in [-0.25, -0.2) is 4.98 Å². The molecule has 0 aliphatic rings. The number of rotatable bonds is 7. The number of hydrogen-bond acceptors (Lipinski definition) is 3. The van der Waals surface area contributed by atoms with Gasteiger partial charge in [-0.3, -0.25) is 9.20 Å². The summed E-state index contributed by atoms with van der Waals surface area (Å²) in [5.41, 5.74) is 1.01. The minimum Gasteiger partial charge on any atom is -0.354 e. The average Bonchev–Trinajstić information content (AvgIpc) is 3.21. The van der Waals surface area contributed by atoms with E-state index in [4.69, 9.17) is 0 Å². The fraction of sp³-hybridized carbons (Fsp3) is 0.375. The molecule has 3 heterocycles. The van der Waals surface area contributed by atoms with Gasteiger partial charge >= 0.3 is 0 Å². The maximum absolute atomic E-state index is 12.4. The van der Waals surface area contributed by atoms with Crippen LogP contribution in [0.25, 0.3) is 4.96 Å². The van der Waals surface area contributed by atoms with Gasteiger partial charge in [-0.05, 0) is 18.6 Å². The molecule has 0 saturated carbocycles. The largest absolute Gasteiger partial charge is 0.354 e. The number of nitrogens with one attached hydrogen (secondary N) is 1. The number of fused-ring (bicyclic) bond motifs is 1. The molecule has 0 bridgehead atoms. The van der Waals surface area contributed by atoms with Crippen LogP contribution >= 0.6 is 11.3 Å². The molecule has 1 amide bonds. The first-order valence-corrected chi connectivity index (χ1v) is 8.47. The predicted molar refractivity (Wildman–Crippen MR) is 88.2 cm³/mol. The molecule has 1 atom stereocenters. The van der Waals surface area contributed by atoms with Crippen molar-refractivity contribution in [2.24, 2.45) is 0 Å². The van der Waals surface area contributed by atoms with Crippen LogP contribution in [0, 0.1) is 0 Å². The zero-order chi connectivity index (χ0) is 15.4. The maximum atomic E-state index is 12.4. The number of carbonyl (C=O) groups excluding carboxylic acids is 1. The number of imidazole rings is 1. The predicted octanol–water partition coefficient (Wildman–Crippen LogP) is 2.90. The summed E-state index contributed by atoms with van der Waals surface area (Å²) in [7, 11) is 0. The van der Waals surface area contributed by atoms with Gasteiger partial charge in [0.15, 0.2) is 4.96 Å². The third-order valence-corrected chi connectivity index (χ3v) is 4.45. The maximum Gasteiger partial charge on any atom is 0.243 e. The van der Waals surface area contributed by atoms with Crippen molar-refractivity contribution >= 4 is 22.2 Å². The lowest BCUT2D eigenvalue weighted by Crippen LogP contribution is -2.33. The van der Waals surface area contributed by atoms with Crippen LogP contribution in [0.15, 0.2) is 42.3 Å². The third-order valence-electron chi connectivity index (χ3n) is 3.68. The van der Waals surface area contributed by atoms with Crippen molar-refractivity contribution in [2.75, 3.05) is 6.54 Å². The van der Waals surface area contributed by atoms with Gasteiger partial charge in [0.05, 0.1) is 5.69 Å². The summed E-state index contributed by atoms with van der Waals surface area (Å²) < 4.78 is 3.99. The highest BCUT2D eigenvalue weighted by molar-refractivity contribution is 7.15. The van der Waals surface area contributed by atoms with Crippen LogP contribution in [-0.4, -0.2) is 26.4 Å². The molecule has 116 valence electrons. The van der Waals surface area contributed by atoms with Crippen LogP contribution in [0.2, 0.25) is 0 Å². The number of thiazole rings is 1. The van der Waals surface area contributed by atoms with Gasteiger partial charge < -0.3 is 9.88 Å². The molecule has 3 aromatic rings. The van der Waals surface area contributed by atoms with Crippen LogP contribution in [-0.2, 0) is 11.2 Å². The Morgan fingerprint density at radius 3 is 2.91 bits per heavy atom. The lowest BCUT2D eigenvalue weighted by Gasteiger charge is -2.17. The highest BCUT2D eigenvalue weighted by Gasteiger charge is 2.18. The molecule has 22 heavy (non-hydrogen) atoms. The van der Waals surface area contributed by atoms with Crippen LogP contribution in [0.5, 0.6) is 0 Å². The second kappa shape index (κ2) is 6.79. The Bertz CT molecular complexity index is 700. The van der Waals surface area contributed by atoms with Crippen molar-refractivity contribution in [3.63, 3.8) is 0 Å². The quantitative estimate of drug-likeness (QED) is 0.728. The van der Waals surface area contributed by atoms with Gasteiger partial charge in [0, 0.05) is 43.1 Å². The number of amides is 1. The highest BCUT2D eigenvalue weighted by atomic mass is 32.1. The minimum atomic E-state index is -0.120. The van der Waals surface area contributed by atoms with E-state index >= 15 is 0 Å². The first-order chi connectivity index (χ1) is 10.8. The van der Waals surface area contributed by atoms with Crippen molar-refractivity contribution in [1.29, 1.82) is 0 Å². The summed E-state index contributed by atoms with van der Waals surface area (Å²) in [4.78, 5) is 17.9. The van der Waals surface area contributed by atoms with E-state index in [-0.39, 0.29) is 11.9 Å². The Labute approximate surface area is 133 Å². The number of carbonyl (C=O) groups is 1. The van der Waals surface area contributed by atoms with Gasteiger partial charge in [-0.1, -0.05) is 13.3 Å². The lowest BCUT2D eigenvalue weighted by atomic mass is 10.1. The Morgan fingerprint density at radius 1 is 1.36 bits per heavy atom. The van der Waals surface area contributed by atoms with Gasteiger partial charge in [0.1, 0.15) is 6.04 Å². The topological polar surface area (TPSA) is 51.3 Å². The molecule has 0 spiro atoms. The van der Waals surface area contributed by atoms with E-state index in [0.29, 0.717) is 6.54 Å². The molecule has 5 nitrogen and oxygen atoms in total. The van der Waals surface area contributed by atoms with Crippen LogP contribution in [0.3, 0.4) is 0 Å². The Balaban J connectivity index is 1.55. The summed E-state index contributed by atoms with van der Waals surface area (Å²) in [5, 5.41) is 5.05. The van der Waals surface area contributed by atoms with Crippen molar-refractivity contribution in [1.82, 2.24) is 19.3 Å². The Morgan fingerprint density at radius 2 is 2.18 bits per heavy atom. The summed E-state index contributed by atoms with van der Waals surface area (Å²) in [6.45, 7) is 2.72. The molecule has 0 aromatic carbocycles. The van der Waals surface area contributed by atoms with E-state index in [1.165, 1.54) is 0 Å². The molecular formula is C16H20N4OS. The number of hydrogen-bond donors (Lipinski definition) is 1. The smallest absolute Gasteiger partial charge is 0.243 e. The van der Waals surface area contributed by atoms with Crippen molar-refractivity contribution in [3.05, 3.63) is 48.0 Å². The van der Waals surface area contributed by atoms with E-state index < -0.39 is 0 Å². The molecule has 1 N–H and O–H groups in total. The third kappa shape index (κ3) is 3.22. The van der Waals surface area contributed by atoms with Gasteiger partial charge in [0.25, 0.3) is 0 Å². The minimum absolute atomic E-state index is 0.0825. The molecule has 0 unspecified atom stereocenters. The van der Waals surface area contributed by atoms with Crippen molar-refractivity contribution in [3.8, 4) is 0 Å². The molecule has 0 aliphatic carbocycles. The molecule has 0 aliphatic heterocycles. The fourth-order valence-corrected chi connectivity index (χ4v) is 3.29. The first-order valence-electron chi connectivity index (χ1n) is 7.59. The first kappa shape index (κ1) is 14.8. The van der Waals surface area contributed by atoms with Gasteiger partial charge in [-0.15, -0.1) is 11.3 Å². The molecule has 0 fully saturated rings. The van der Waals surface area contributed by atoms with E-state index in [9.17, 15) is 4.79 Å². The summed E-state index contributed by atoms with van der Waals surface area (Å²) in [6.07, 6.45) is 10.5. The van der Waals surface area contributed by atoms with E-state index in [2.05, 4.69) is 17.2 Å². The molecule has 6 heteroatoms. The van der Waals surface area contributed by atoms with Crippen LogP contribution in [0.1, 0.15) is 31.5 Å². The highest BCUT2D eigenvalue weighted by Crippen LogP contribution is 2.15. The Hall–Kier alpha value is -2.08. The summed E-state index contributed by atoms with van der Waals surface area (Å²) in [6, 6.07) is 3.78. The van der Waals surface area contributed by atoms with E-state index in [1.54, 1.807) is 11.3 Å².